The summed E-state index contributed by atoms with van der Waals surface area (Å²) < 4.78 is 37.9. The number of halogens is 3. The van der Waals surface area contributed by atoms with Crippen molar-refractivity contribution in [2.45, 2.75) is 12.6 Å². The summed E-state index contributed by atoms with van der Waals surface area (Å²) >= 11 is 0. The number of hydrogen-bond donors (Lipinski definition) is 2. The van der Waals surface area contributed by atoms with Gasteiger partial charge in [0.05, 0.1) is 5.56 Å². The molecule has 5 heteroatoms. The monoisotopic (exact) mass is 242 g/mol. The summed E-state index contributed by atoms with van der Waals surface area (Å²) in [5.74, 6) is 5.18. The van der Waals surface area contributed by atoms with Gasteiger partial charge in [-0.1, -0.05) is 11.8 Å². The third-order valence-electron chi connectivity index (χ3n) is 2.07. The molecule has 0 aromatic heterocycles. The average molecular weight is 242 g/mol. The number of nitrogens with one attached hydrogen (secondary N) is 1. The highest BCUT2D eigenvalue weighted by molar-refractivity contribution is 5.52. The standard InChI is InChI=1S/C12H13F3N2/c1-17-7-3-2-4-9-8-10(16)5-6-11(9)12(13,14)15/h5-6,8,17H,3,7,16H2,1H3. The molecular weight excluding hydrogens is 229 g/mol. The Morgan fingerprint density at radius 1 is 1.35 bits per heavy atom. The third kappa shape index (κ3) is 4.00. The first-order valence-corrected chi connectivity index (χ1v) is 5.05. The molecule has 1 aromatic carbocycles. The molecular formula is C12H13F3N2. The van der Waals surface area contributed by atoms with E-state index in [4.69, 9.17) is 5.73 Å². The number of nitrogen functional groups attached to an aromatic ring is 1. The van der Waals surface area contributed by atoms with Gasteiger partial charge in [-0.3, -0.25) is 0 Å². The highest BCUT2D eigenvalue weighted by Gasteiger charge is 2.32. The second-order valence-corrected chi connectivity index (χ2v) is 3.46. The summed E-state index contributed by atoms with van der Waals surface area (Å²) in [7, 11) is 1.75. The van der Waals surface area contributed by atoms with Gasteiger partial charge < -0.3 is 11.1 Å². The van der Waals surface area contributed by atoms with E-state index in [2.05, 4.69) is 17.2 Å². The van der Waals surface area contributed by atoms with E-state index < -0.39 is 11.7 Å². The predicted molar refractivity (Wildman–Crippen MR) is 61.3 cm³/mol. The first kappa shape index (κ1) is 13.4. The van der Waals surface area contributed by atoms with Crippen LogP contribution in [0.25, 0.3) is 0 Å². The number of rotatable bonds is 2. The maximum absolute atomic E-state index is 12.6. The molecule has 1 rings (SSSR count). The van der Waals surface area contributed by atoms with E-state index in [0.717, 1.165) is 6.07 Å². The van der Waals surface area contributed by atoms with E-state index in [1.54, 1.807) is 7.05 Å². The lowest BCUT2D eigenvalue weighted by Crippen LogP contribution is -2.08. The van der Waals surface area contributed by atoms with Gasteiger partial charge in [0.15, 0.2) is 0 Å². The van der Waals surface area contributed by atoms with Crippen molar-refractivity contribution < 1.29 is 13.2 Å². The van der Waals surface area contributed by atoms with Crippen LogP contribution in [0.2, 0.25) is 0 Å². The van der Waals surface area contributed by atoms with E-state index in [-0.39, 0.29) is 11.3 Å². The van der Waals surface area contributed by atoms with Gasteiger partial charge in [0.1, 0.15) is 0 Å². The van der Waals surface area contributed by atoms with Crippen LogP contribution in [0.1, 0.15) is 17.5 Å². The van der Waals surface area contributed by atoms with Gasteiger partial charge in [-0.25, -0.2) is 0 Å². The molecule has 0 heterocycles. The molecule has 0 fully saturated rings. The van der Waals surface area contributed by atoms with Crippen LogP contribution in [0.4, 0.5) is 18.9 Å². The second kappa shape index (κ2) is 5.60. The van der Waals surface area contributed by atoms with Crippen LogP contribution in [-0.2, 0) is 6.18 Å². The molecule has 0 spiro atoms. The van der Waals surface area contributed by atoms with Crippen molar-refractivity contribution in [3.8, 4) is 11.8 Å². The van der Waals surface area contributed by atoms with Crippen LogP contribution in [-0.4, -0.2) is 13.6 Å². The molecule has 0 saturated carbocycles. The maximum atomic E-state index is 12.6. The van der Waals surface area contributed by atoms with Gasteiger partial charge in [0.2, 0.25) is 0 Å². The Bertz CT molecular complexity index is 441. The fourth-order valence-electron chi connectivity index (χ4n) is 1.26. The van der Waals surface area contributed by atoms with Gasteiger partial charge in [-0.05, 0) is 25.2 Å². The molecule has 0 aliphatic rings. The zero-order valence-corrected chi connectivity index (χ0v) is 9.36. The number of hydrogen-bond acceptors (Lipinski definition) is 2. The van der Waals surface area contributed by atoms with Gasteiger partial charge in [-0.15, -0.1) is 0 Å². The summed E-state index contributed by atoms with van der Waals surface area (Å²) in [5.41, 5.74) is 4.91. The molecule has 0 amide bonds. The largest absolute Gasteiger partial charge is 0.417 e. The van der Waals surface area contributed by atoms with Crippen molar-refractivity contribution >= 4 is 5.69 Å². The Hall–Kier alpha value is -1.67. The molecule has 0 aliphatic carbocycles. The minimum atomic E-state index is -4.40. The fourth-order valence-corrected chi connectivity index (χ4v) is 1.26. The van der Waals surface area contributed by atoms with Crippen LogP contribution in [0.5, 0.6) is 0 Å². The van der Waals surface area contributed by atoms with Crippen LogP contribution >= 0.6 is 0 Å². The fraction of sp³-hybridized carbons (Fsp3) is 0.333. The zero-order valence-electron chi connectivity index (χ0n) is 9.36. The minimum Gasteiger partial charge on any atom is -0.399 e. The highest BCUT2D eigenvalue weighted by Crippen LogP contribution is 2.32. The van der Waals surface area contributed by atoms with Crippen molar-refractivity contribution in [2.24, 2.45) is 0 Å². The van der Waals surface area contributed by atoms with Crippen molar-refractivity contribution in [2.75, 3.05) is 19.3 Å². The molecule has 0 saturated heterocycles. The first-order chi connectivity index (χ1) is 7.95. The van der Waals surface area contributed by atoms with E-state index in [9.17, 15) is 13.2 Å². The Labute approximate surface area is 98.0 Å². The Balaban J connectivity index is 3.02. The molecule has 0 aliphatic heterocycles. The molecule has 3 N–H and O–H groups in total. The molecule has 0 bridgehead atoms. The van der Waals surface area contributed by atoms with E-state index in [0.29, 0.717) is 13.0 Å². The van der Waals surface area contributed by atoms with Gasteiger partial charge >= 0.3 is 6.18 Å². The van der Waals surface area contributed by atoms with E-state index in [1.165, 1.54) is 12.1 Å². The summed E-state index contributed by atoms with van der Waals surface area (Å²) in [6, 6.07) is 3.42. The Kier molecular flexibility index (Phi) is 4.41. The summed E-state index contributed by atoms with van der Waals surface area (Å²) in [4.78, 5) is 0. The molecule has 0 atom stereocenters. The van der Waals surface area contributed by atoms with E-state index in [1.807, 2.05) is 0 Å². The lowest BCUT2D eigenvalue weighted by molar-refractivity contribution is -0.137. The lowest BCUT2D eigenvalue weighted by atomic mass is 10.1. The smallest absolute Gasteiger partial charge is 0.399 e. The molecule has 92 valence electrons. The topological polar surface area (TPSA) is 38.0 Å². The number of nitrogens with two attached hydrogens (primary N) is 1. The molecule has 2 nitrogen and oxygen atoms in total. The van der Waals surface area contributed by atoms with E-state index >= 15 is 0 Å². The second-order valence-electron chi connectivity index (χ2n) is 3.46. The summed E-state index contributed by atoms with van der Waals surface area (Å²) in [5, 5.41) is 2.86. The molecule has 17 heavy (non-hydrogen) atoms. The molecule has 1 aromatic rings. The van der Waals surface area contributed by atoms with Crippen molar-refractivity contribution in [3.05, 3.63) is 29.3 Å². The number of benzene rings is 1. The van der Waals surface area contributed by atoms with Gasteiger partial charge in [0.25, 0.3) is 0 Å². The zero-order chi connectivity index (χ0) is 12.9. The first-order valence-electron chi connectivity index (χ1n) is 5.05. The van der Waals surface area contributed by atoms with Crippen LogP contribution < -0.4 is 11.1 Å². The van der Waals surface area contributed by atoms with Crippen molar-refractivity contribution in [3.63, 3.8) is 0 Å². The van der Waals surface area contributed by atoms with Gasteiger partial charge in [-0.2, -0.15) is 13.2 Å². The predicted octanol–water partition coefficient (Wildman–Crippen LogP) is 2.25. The maximum Gasteiger partial charge on any atom is 0.417 e. The van der Waals surface area contributed by atoms with Crippen molar-refractivity contribution in [1.29, 1.82) is 0 Å². The van der Waals surface area contributed by atoms with Crippen LogP contribution in [0, 0.1) is 11.8 Å². The number of anilines is 1. The van der Waals surface area contributed by atoms with Gasteiger partial charge in [0, 0.05) is 24.2 Å². The Morgan fingerprint density at radius 2 is 2.06 bits per heavy atom. The van der Waals surface area contributed by atoms with Crippen molar-refractivity contribution in [1.82, 2.24) is 5.32 Å². The Morgan fingerprint density at radius 3 is 2.65 bits per heavy atom. The molecule has 0 unspecified atom stereocenters. The number of alkyl halides is 3. The summed E-state index contributed by atoms with van der Waals surface area (Å²) in [6.07, 6.45) is -3.91. The average Bonchev–Trinajstić information content (AvgIpc) is 2.23. The minimum absolute atomic E-state index is 0.0754. The lowest BCUT2D eigenvalue weighted by Gasteiger charge is -2.09. The highest BCUT2D eigenvalue weighted by atomic mass is 19.4. The SMILES string of the molecule is CNCCC#Cc1cc(N)ccc1C(F)(F)F. The normalized spacial score (nSPS) is 10.8. The quantitative estimate of drug-likeness (QED) is 0.474. The third-order valence-corrected chi connectivity index (χ3v) is 2.07. The molecule has 0 radical (unpaired) electrons. The van der Waals surface area contributed by atoms with Crippen LogP contribution in [0.3, 0.4) is 0 Å². The summed E-state index contributed by atoms with van der Waals surface area (Å²) in [6.45, 7) is 0.636. The van der Waals surface area contributed by atoms with Crippen LogP contribution in [0.15, 0.2) is 18.2 Å².